The first kappa shape index (κ1) is 18.7. The largest absolute Gasteiger partial charge is 0.325 e. The summed E-state index contributed by atoms with van der Waals surface area (Å²) in [6, 6.07) is 15.8. The highest BCUT2D eigenvalue weighted by atomic mass is 32.2. The zero-order valence-corrected chi connectivity index (χ0v) is 16.9. The highest BCUT2D eigenvalue weighted by Gasteiger charge is 2.24. The maximum absolute atomic E-state index is 12.3. The van der Waals surface area contributed by atoms with E-state index in [2.05, 4.69) is 17.5 Å². The summed E-state index contributed by atoms with van der Waals surface area (Å²) in [5.74, 6) is 0.122. The number of nitrogens with one attached hydrogen (secondary N) is 1. The lowest BCUT2D eigenvalue weighted by Crippen LogP contribution is -2.15. The summed E-state index contributed by atoms with van der Waals surface area (Å²) >= 11 is 2.99. The number of rotatable bonds is 5. The first-order chi connectivity index (χ1) is 13.8. The number of thiophene rings is 1. The monoisotopic (exact) mass is 405 g/mol. The molecule has 1 N–H and O–H groups in total. The maximum atomic E-state index is 12.3. The van der Waals surface area contributed by atoms with E-state index < -0.39 is 0 Å². The average molecular weight is 406 g/mol. The van der Waals surface area contributed by atoms with Crippen molar-refractivity contribution in [3.05, 3.63) is 64.7 Å². The highest BCUT2D eigenvalue weighted by Crippen LogP contribution is 2.39. The van der Waals surface area contributed by atoms with Gasteiger partial charge in [-0.3, -0.25) is 4.79 Å². The summed E-state index contributed by atoms with van der Waals surface area (Å²) in [4.78, 5) is 18.3. The Balaban J connectivity index is 1.63. The number of hydrogen-bond acceptors (Lipinski definition) is 5. The normalized spacial score (nSPS) is 12.8. The molecule has 2 heterocycles. The molecule has 0 unspecified atom stereocenters. The molecule has 0 saturated heterocycles. The van der Waals surface area contributed by atoms with Crippen LogP contribution in [0.15, 0.2) is 52.9 Å². The number of aromatic nitrogens is 1. The minimum Gasteiger partial charge on any atom is -0.325 e. The molecule has 1 aromatic carbocycles. The van der Waals surface area contributed by atoms with Crippen molar-refractivity contribution in [3.63, 3.8) is 0 Å². The summed E-state index contributed by atoms with van der Waals surface area (Å²) in [5.41, 5.74) is 4.68. The fourth-order valence-electron chi connectivity index (χ4n) is 3.47. The van der Waals surface area contributed by atoms with Crippen LogP contribution in [0.25, 0.3) is 10.4 Å². The van der Waals surface area contributed by atoms with E-state index in [1.165, 1.54) is 17.3 Å². The summed E-state index contributed by atoms with van der Waals surface area (Å²) in [6.07, 6.45) is 4.14. The van der Waals surface area contributed by atoms with Crippen LogP contribution in [-0.2, 0) is 17.6 Å². The molecule has 4 rings (SSSR count). The molecule has 0 aliphatic heterocycles. The van der Waals surface area contributed by atoms with Gasteiger partial charge in [0, 0.05) is 21.8 Å². The SMILES string of the molecule is N#Cc1c(SCC(=O)Nc2ccccc2)nc2c(c1-c1cccs1)CCCC2. The molecule has 1 aliphatic carbocycles. The fourth-order valence-corrected chi connectivity index (χ4v) is 5.08. The molecule has 4 nitrogen and oxygen atoms in total. The van der Waals surface area contributed by atoms with Gasteiger partial charge in [-0.15, -0.1) is 11.3 Å². The number of carbonyl (C=O) groups excluding carboxylic acids is 1. The number of benzene rings is 1. The van der Waals surface area contributed by atoms with Crippen LogP contribution in [0.5, 0.6) is 0 Å². The van der Waals surface area contributed by atoms with Crippen LogP contribution in [0.4, 0.5) is 5.69 Å². The summed E-state index contributed by atoms with van der Waals surface area (Å²) in [6.45, 7) is 0. The molecule has 0 spiro atoms. The van der Waals surface area contributed by atoms with Crippen LogP contribution in [0, 0.1) is 11.3 Å². The van der Waals surface area contributed by atoms with Crippen molar-refractivity contribution in [2.75, 3.05) is 11.1 Å². The molecule has 3 aromatic rings. The Morgan fingerprint density at radius 3 is 2.75 bits per heavy atom. The first-order valence-corrected chi connectivity index (χ1v) is 11.1. The topological polar surface area (TPSA) is 65.8 Å². The predicted octanol–water partition coefficient (Wildman–Crippen LogP) is 5.29. The van der Waals surface area contributed by atoms with Gasteiger partial charge in [0.05, 0.1) is 11.3 Å². The first-order valence-electron chi connectivity index (χ1n) is 9.23. The van der Waals surface area contributed by atoms with Crippen molar-refractivity contribution in [1.29, 1.82) is 5.26 Å². The highest BCUT2D eigenvalue weighted by molar-refractivity contribution is 8.00. The Kier molecular flexibility index (Phi) is 5.75. The lowest BCUT2D eigenvalue weighted by atomic mass is 9.89. The standard InChI is InChI=1S/C22H19N3OS2/c23-13-17-21(19-11-6-12-27-19)16-9-4-5-10-18(16)25-22(17)28-14-20(26)24-15-7-2-1-3-8-15/h1-3,6-8,11-12H,4-5,9-10,14H2,(H,24,26). The average Bonchev–Trinajstić information content (AvgIpc) is 3.26. The van der Waals surface area contributed by atoms with E-state index in [4.69, 9.17) is 4.98 Å². The van der Waals surface area contributed by atoms with Crippen molar-refractivity contribution < 1.29 is 4.79 Å². The van der Waals surface area contributed by atoms with Crippen LogP contribution in [-0.4, -0.2) is 16.6 Å². The zero-order valence-electron chi connectivity index (χ0n) is 15.3. The molecule has 140 valence electrons. The van der Waals surface area contributed by atoms with E-state index in [1.54, 1.807) is 11.3 Å². The second-order valence-corrected chi connectivity index (χ2v) is 8.50. The van der Waals surface area contributed by atoms with Crippen LogP contribution < -0.4 is 5.32 Å². The van der Waals surface area contributed by atoms with E-state index >= 15 is 0 Å². The van der Waals surface area contributed by atoms with E-state index in [0.717, 1.165) is 47.5 Å². The maximum Gasteiger partial charge on any atom is 0.234 e. The van der Waals surface area contributed by atoms with Crippen LogP contribution in [0.2, 0.25) is 0 Å². The Hall–Kier alpha value is -2.62. The van der Waals surface area contributed by atoms with Gasteiger partial charge in [0.25, 0.3) is 0 Å². The van der Waals surface area contributed by atoms with Crippen molar-refractivity contribution in [1.82, 2.24) is 4.98 Å². The molecular weight excluding hydrogens is 386 g/mol. The van der Waals surface area contributed by atoms with Crippen LogP contribution >= 0.6 is 23.1 Å². The van der Waals surface area contributed by atoms with E-state index in [9.17, 15) is 10.1 Å². The number of thioether (sulfide) groups is 1. The molecule has 28 heavy (non-hydrogen) atoms. The van der Waals surface area contributed by atoms with Crippen LogP contribution in [0.3, 0.4) is 0 Å². The number of hydrogen-bond donors (Lipinski definition) is 1. The molecule has 0 radical (unpaired) electrons. The number of fused-ring (bicyclic) bond motifs is 1. The third-order valence-corrected chi connectivity index (χ3v) is 6.58. The van der Waals surface area contributed by atoms with E-state index in [-0.39, 0.29) is 11.7 Å². The number of carbonyl (C=O) groups is 1. The third kappa shape index (κ3) is 3.96. The van der Waals surface area contributed by atoms with Gasteiger partial charge in [0.2, 0.25) is 5.91 Å². The Bertz CT molecular complexity index is 1020. The van der Waals surface area contributed by atoms with Crippen molar-refractivity contribution in [2.24, 2.45) is 0 Å². The number of anilines is 1. The van der Waals surface area contributed by atoms with Gasteiger partial charge in [-0.25, -0.2) is 4.98 Å². The Morgan fingerprint density at radius 2 is 2.00 bits per heavy atom. The molecule has 2 aromatic heterocycles. The van der Waals surface area contributed by atoms with Gasteiger partial charge in [-0.05, 0) is 54.8 Å². The zero-order chi connectivity index (χ0) is 19.3. The van der Waals surface area contributed by atoms with Crippen molar-refractivity contribution >= 4 is 34.7 Å². The summed E-state index contributed by atoms with van der Waals surface area (Å²) in [5, 5.41) is 15.5. The van der Waals surface area contributed by atoms with E-state index in [1.807, 2.05) is 41.8 Å². The lowest BCUT2D eigenvalue weighted by Gasteiger charge is -2.21. The summed E-state index contributed by atoms with van der Waals surface area (Å²) in [7, 11) is 0. The van der Waals surface area contributed by atoms with E-state index in [0.29, 0.717) is 10.6 Å². The predicted molar refractivity (Wildman–Crippen MR) is 115 cm³/mol. The minimum atomic E-state index is -0.0997. The van der Waals surface area contributed by atoms with Crippen molar-refractivity contribution in [3.8, 4) is 16.5 Å². The third-order valence-electron chi connectivity index (χ3n) is 4.72. The molecule has 0 atom stereocenters. The van der Waals surface area contributed by atoms with Gasteiger partial charge < -0.3 is 5.32 Å². The van der Waals surface area contributed by atoms with Gasteiger partial charge in [-0.1, -0.05) is 36.0 Å². The smallest absolute Gasteiger partial charge is 0.234 e. The minimum absolute atomic E-state index is 0.0997. The molecule has 0 saturated carbocycles. The lowest BCUT2D eigenvalue weighted by molar-refractivity contribution is -0.113. The van der Waals surface area contributed by atoms with Gasteiger partial charge in [0.15, 0.2) is 0 Å². The fraction of sp³-hybridized carbons (Fsp3) is 0.227. The number of pyridine rings is 1. The number of aryl methyl sites for hydroxylation is 1. The number of nitrogens with zero attached hydrogens (tertiary/aromatic N) is 2. The number of nitriles is 1. The van der Waals surface area contributed by atoms with Gasteiger partial charge >= 0.3 is 0 Å². The molecule has 1 amide bonds. The molecule has 1 aliphatic rings. The van der Waals surface area contributed by atoms with Gasteiger partial charge in [0.1, 0.15) is 11.1 Å². The summed E-state index contributed by atoms with van der Waals surface area (Å²) < 4.78 is 0. The second kappa shape index (κ2) is 8.59. The molecule has 0 fully saturated rings. The quantitative estimate of drug-likeness (QED) is 0.586. The second-order valence-electron chi connectivity index (χ2n) is 6.59. The molecule has 6 heteroatoms. The number of amides is 1. The van der Waals surface area contributed by atoms with Crippen molar-refractivity contribution in [2.45, 2.75) is 30.7 Å². The van der Waals surface area contributed by atoms with Gasteiger partial charge in [-0.2, -0.15) is 5.26 Å². The Labute approximate surface area is 172 Å². The Morgan fingerprint density at radius 1 is 1.18 bits per heavy atom. The number of para-hydroxylation sites is 1. The molecular formula is C22H19N3OS2. The van der Waals surface area contributed by atoms with Crippen LogP contribution in [0.1, 0.15) is 29.7 Å². The molecule has 0 bridgehead atoms.